The highest BCUT2D eigenvalue weighted by atomic mass is 79.9. The Hall–Kier alpha value is -2.34. The van der Waals surface area contributed by atoms with Crippen LogP contribution in [-0.2, 0) is 9.53 Å². The molecule has 0 fully saturated rings. The first kappa shape index (κ1) is 13.6. The summed E-state index contributed by atoms with van der Waals surface area (Å²) in [5.41, 5.74) is 0.870. The van der Waals surface area contributed by atoms with Crippen molar-refractivity contribution in [3.8, 4) is 5.75 Å². The zero-order chi connectivity index (χ0) is 14.8. The van der Waals surface area contributed by atoms with Gasteiger partial charge in [0.1, 0.15) is 11.5 Å². The Balaban J connectivity index is 1.95. The molecule has 1 aliphatic heterocycles. The van der Waals surface area contributed by atoms with Crippen LogP contribution >= 0.6 is 15.9 Å². The van der Waals surface area contributed by atoms with Crippen LogP contribution in [0.15, 0.2) is 56.2 Å². The summed E-state index contributed by atoms with van der Waals surface area (Å²) >= 11 is 3.41. The number of halogens is 1. The van der Waals surface area contributed by atoms with Gasteiger partial charge in [0.05, 0.1) is 18.9 Å². The molecule has 1 aromatic heterocycles. The van der Waals surface area contributed by atoms with Gasteiger partial charge in [0.15, 0.2) is 5.70 Å². The maximum Gasteiger partial charge on any atom is 0.363 e. The highest BCUT2D eigenvalue weighted by Crippen LogP contribution is 2.27. The molecule has 0 radical (unpaired) electrons. The van der Waals surface area contributed by atoms with Gasteiger partial charge >= 0.3 is 5.97 Å². The van der Waals surface area contributed by atoms with E-state index in [2.05, 4.69) is 20.9 Å². The molecule has 0 saturated carbocycles. The van der Waals surface area contributed by atoms with E-state index in [0.717, 1.165) is 4.47 Å². The molecule has 1 aliphatic rings. The van der Waals surface area contributed by atoms with Crippen molar-refractivity contribution in [3.63, 3.8) is 0 Å². The Morgan fingerprint density at radius 1 is 1.33 bits per heavy atom. The first-order chi connectivity index (χ1) is 10.2. The molecule has 0 N–H and O–H groups in total. The van der Waals surface area contributed by atoms with E-state index >= 15 is 0 Å². The fourth-order valence-electron chi connectivity index (χ4n) is 1.83. The van der Waals surface area contributed by atoms with Gasteiger partial charge in [-0.3, -0.25) is 0 Å². The van der Waals surface area contributed by atoms with Gasteiger partial charge in [-0.05, 0) is 46.3 Å². The standard InChI is InChI=1S/C15H10BrNO4/c1-19-9-4-5-11(12(16)7-9)14-17-13(15(18)21-14)8-10-3-2-6-20-10/h2-8H,1H3. The number of nitrogens with zero attached hydrogens (tertiary/aromatic N) is 1. The van der Waals surface area contributed by atoms with E-state index in [-0.39, 0.29) is 11.6 Å². The summed E-state index contributed by atoms with van der Waals surface area (Å²) in [6.07, 6.45) is 3.06. The number of esters is 1. The molecule has 3 rings (SSSR count). The maximum atomic E-state index is 11.8. The molecule has 0 saturated heterocycles. The van der Waals surface area contributed by atoms with Gasteiger partial charge in [-0.1, -0.05) is 0 Å². The van der Waals surface area contributed by atoms with Crippen molar-refractivity contribution in [1.82, 2.24) is 0 Å². The Kier molecular flexibility index (Phi) is 3.62. The molecule has 1 aromatic carbocycles. The van der Waals surface area contributed by atoms with Crippen LogP contribution in [0, 0.1) is 0 Å². The summed E-state index contributed by atoms with van der Waals surface area (Å²) in [5, 5.41) is 0. The Morgan fingerprint density at radius 3 is 2.86 bits per heavy atom. The van der Waals surface area contributed by atoms with E-state index in [9.17, 15) is 4.79 Å². The number of ether oxygens (including phenoxy) is 2. The Morgan fingerprint density at radius 2 is 2.19 bits per heavy atom. The van der Waals surface area contributed by atoms with Crippen molar-refractivity contribution < 1.29 is 18.7 Å². The average Bonchev–Trinajstić information content (AvgIpc) is 3.10. The predicted octanol–water partition coefficient (Wildman–Crippen LogP) is 3.40. The minimum absolute atomic E-state index is 0.197. The van der Waals surface area contributed by atoms with Crippen LogP contribution in [0.3, 0.4) is 0 Å². The van der Waals surface area contributed by atoms with Crippen molar-refractivity contribution in [2.45, 2.75) is 0 Å². The topological polar surface area (TPSA) is 61.0 Å². The number of carbonyl (C=O) groups is 1. The van der Waals surface area contributed by atoms with Crippen LogP contribution in [-0.4, -0.2) is 19.0 Å². The SMILES string of the molecule is COc1ccc(C2=NC(=Cc3ccco3)C(=O)O2)c(Br)c1. The second-order valence-corrected chi connectivity index (χ2v) is 5.05. The number of hydrogen-bond acceptors (Lipinski definition) is 5. The van der Waals surface area contributed by atoms with Crippen LogP contribution in [0.4, 0.5) is 0 Å². The minimum Gasteiger partial charge on any atom is -0.497 e. The van der Waals surface area contributed by atoms with Gasteiger partial charge in [-0.2, -0.15) is 0 Å². The van der Waals surface area contributed by atoms with Crippen molar-refractivity contribution in [3.05, 3.63) is 58.1 Å². The zero-order valence-electron chi connectivity index (χ0n) is 11.0. The van der Waals surface area contributed by atoms with Crippen molar-refractivity contribution >= 4 is 33.9 Å². The van der Waals surface area contributed by atoms with Crippen LogP contribution in [0.2, 0.25) is 0 Å². The Labute approximate surface area is 129 Å². The molecule has 0 spiro atoms. The van der Waals surface area contributed by atoms with E-state index in [1.807, 2.05) is 0 Å². The summed E-state index contributed by atoms with van der Waals surface area (Å²) in [7, 11) is 1.58. The molecule has 0 aliphatic carbocycles. The largest absolute Gasteiger partial charge is 0.497 e. The molecule has 2 heterocycles. The first-order valence-corrected chi connectivity index (χ1v) is 6.86. The average molecular weight is 348 g/mol. The van der Waals surface area contributed by atoms with E-state index in [4.69, 9.17) is 13.9 Å². The van der Waals surface area contributed by atoms with Crippen molar-refractivity contribution in [2.24, 2.45) is 4.99 Å². The smallest absolute Gasteiger partial charge is 0.363 e. The first-order valence-electron chi connectivity index (χ1n) is 6.07. The number of rotatable bonds is 3. The number of cyclic esters (lactones) is 1. The summed E-state index contributed by atoms with van der Waals surface area (Å²) in [6.45, 7) is 0. The molecule has 0 unspecified atom stereocenters. The molecule has 0 atom stereocenters. The maximum absolute atomic E-state index is 11.8. The predicted molar refractivity (Wildman–Crippen MR) is 80.0 cm³/mol. The number of carbonyl (C=O) groups excluding carboxylic acids is 1. The molecule has 6 heteroatoms. The van der Waals surface area contributed by atoms with E-state index < -0.39 is 5.97 Å². The molecular formula is C15H10BrNO4. The van der Waals surface area contributed by atoms with Crippen LogP contribution in [0.5, 0.6) is 5.75 Å². The number of aliphatic imine (C=N–C) groups is 1. The lowest BCUT2D eigenvalue weighted by atomic mass is 10.2. The van der Waals surface area contributed by atoms with Gasteiger partial charge in [0.2, 0.25) is 5.90 Å². The molecule has 0 amide bonds. The summed E-state index contributed by atoms with van der Waals surface area (Å²) in [5.74, 6) is 0.971. The summed E-state index contributed by atoms with van der Waals surface area (Å²) < 4.78 is 16.2. The fourth-order valence-corrected chi connectivity index (χ4v) is 2.36. The number of methoxy groups -OCH3 is 1. The molecule has 2 aromatic rings. The third kappa shape index (κ3) is 2.75. The van der Waals surface area contributed by atoms with E-state index in [0.29, 0.717) is 17.1 Å². The van der Waals surface area contributed by atoms with E-state index in [1.54, 1.807) is 37.4 Å². The Bertz CT molecular complexity index is 747. The second-order valence-electron chi connectivity index (χ2n) is 4.20. The van der Waals surface area contributed by atoms with Gasteiger partial charge in [0.25, 0.3) is 0 Å². The number of benzene rings is 1. The van der Waals surface area contributed by atoms with Crippen LogP contribution in [0.25, 0.3) is 6.08 Å². The van der Waals surface area contributed by atoms with Crippen molar-refractivity contribution in [1.29, 1.82) is 0 Å². The molecule has 21 heavy (non-hydrogen) atoms. The van der Waals surface area contributed by atoms with Gasteiger partial charge < -0.3 is 13.9 Å². The van der Waals surface area contributed by atoms with Crippen molar-refractivity contribution in [2.75, 3.05) is 7.11 Å². The number of hydrogen-bond donors (Lipinski definition) is 0. The highest BCUT2D eigenvalue weighted by molar-refractivity contribution is 9.10. The zero-order valence-corrected chi connectivity index (χ0v) is 12.6. The van der Waals surface area contributed by atoms with E-state index in [1.165, 1.54) is 12.3 Å². The third-order valence-electron chi connectivity index (χ3n) is 2.85. The quantitative estimate of drug-likeness (QED) is 0.630. The normalized spacial score (nSPS) is 16.0. The third-order valence-corrected chi connectivity index (χ3v) is 3.51. The van der Waals surface area contributed by atoms with Crippen LogP contribution in [0.1, 0.15) is 11.3 Å². The molecule has 0 bridgehead atoms. The van der Waals surface area contributed by atoms with Crippen LogP contribution < -0.4 is 4.74 Å². The summed E-state index contributed by atoms with van der Waals surface area (Å²) in [4.78, 5) is 16.0. The highest BCUT2D eigenvalue weighted by Gasteiger charge is 2.25. The lowest BCUT2D eigenvalue weighted by Gasteiger charge is -2.05. The van der Waals surface area contributed by atoms with Gasteiger partial charge in [0, 0.05) is 10.5 Å². The second kappa shape index (κ2) is 5.57. The minimum atomic E-state index is -0.510. The summed E-state index contributed by atoms with van der Waals surface area (Å²) in [6, 6.07) is 8.78. The number of furan rings is 1. The monoisotopic (exact) mass is 347 g/mol. The molecule has 5 nitrogen and oxygen atoms in total. The van der Waals surface area contributed by atoms with Gasteiger partial charge in [-0.15, -0.1) is 0 Å². The van der Waals surface area contributed by atoms with Gasteiger partial charge in [-0.25, -0.2) is 9.79 Å². The molecular weight excluding hydrogens is 338 g/mol. The fraction of sp³-hybridized carbons (Fsp3) is 0.0667. The lowest BCUT2D eigenvalue weighted by molar-refractivity contribution is -0.129. The lowest BCUT2D eigenvalue weighted by Crippen LogP contribution is -2.06. The molecule has 106 valence electrons.